The van der Waals surface area contributed by atoms with Crippen LogP contribution in [-0.2, 0) is 11.3 Å². The number of thiazole rings is 1. The van der Waals surface area contributed by atoms with Crippen molar-refractivity contribution >= 4 is 17.2 Å². The maximum Gasteiger partial charge on any atom is 0.226 e. The second-order valence-electron chi connectivity index (χ2n) is 6.13. The number of primary amides is 1. The van der Waals surface area contributed by atoms with E-state index in [4.69, 9.17) is 10.7 Å². The Morgan fingerprint density at radius 3 is 2.91 bits per heavy atom. The number of rotatable bonds is 4. The van der Waals surface area contributed by atoms with Gasteiger partial charge < -0.3 is 10.6 Å². The van der Waals surface area contributed by atoms with Crippen LogP contribution in [0.1, 0.15) is 24.1 Å². The van der Waals surface area contributed by atoms with Gasteiger partial charge in [0.15, 0.2) is 0 Å². The standard InChI is InChI=1S/C17H21N3OS/c1-12-4-6-13(7-5-12)17-19-15(11-22-17)10-20-8-2-3-14(9-20)16(18)21/h4-7,11,14H,2-3,8-10H2,1H3,(H2,18,21)/p+1/t14-/m1/s1. The summed E-state index contributed by atoms with van der Waals surface area (Å²) in [5.74, 6) is -0.130. The second-order valence-corrected chi connectivity index (χ2v) is 6.99. The van der Waals surface area contributed by atoms with Crippen molar-refractivity contribution in [2.24, 2.45) is 11.7 Å². The first kappa shape index (κ1) is 15.2. The van der Waals surface area contributed by atoms with Crippen molar-refractivity contribution in [1.82, 2.24) is 4.98 Å². The molecule has 2 aromatic rings. The maximum atomic E-state index is 11.4. The maximum absolute atomic E-state index is 11.4. The molecule has 1 amide bonds. The minimum atomic E-state index is -0.157. The second kappa shape index (κ2) is 6.58. The van der Waals surface area contributed by atoms with Crippen LogP contribution >= 0.6 is 11.3 Å². The fourth-order valence-corrected chi connectivity index (χ4v) is 3.85. The number of piperidine rings is 1. The van der Waals surface area contributed by atoms with E-state index in [0.717, 1.165) is 43.2 Å². The van der Waals surface area contributed by atoms with Crippen LogP contribution in [0, 0.1) is 12.8 Å². The summed E-state index contributed by atoms with van der Waals surface area (Å²) in [4.78, 5) is 17.5. The Labute approximate surface area is 135 Å². The average molecular weight is 316 g/mol. The molecule has 116 valence electrons. The summed E-state index contributed by atoms with van der Waals surface area (Å²) in [7, 11) is 0. The summed E-state index contributed by atoms with van der Waals surface area (Å²) in [5, 5.41) is 3.20. The van der Waals surface area contributed by atoms with Crippen LogP contribution < -0.4 is 10.6 Å². The van der Waals surface area contributed by atoms with E-state index < -0.39 is 0 Å². The predicted octanol–water partition coefficient (Wildman–Crippen LogP) is 1.40. The molecule has 3 N–H and O–H groups in total. The Morgan fingerprint density at radius 2 is 2.18 bits per heavy atom. The molecule has 0 saturated carbocycles. The lowest BCUT2D eigenvalue weighted by molar-refractivity contribution is -0.921. The lowest BCUT2D eigenvalue weighted by Crippen LogP contribution is -3.12. The molecule has 1 unspecified atom stereocenters. The van der Waals surface area contributed by atoms with E-state index >= 15 is 0 Å². The van der Waals surface area contributed by atoms with E-state index in [0.29, 0.717) is 0 Å². The van der Waals surface area contributed by atoms with Gasteiger partial charge in [0.25, 0.3) is 0 Å². The average Bonchev–Trinajstić information content (AvgIpc) is 2.96. The summed E-state index contributed by atoms with van der Waals surface area (Å²) in [6.45, 7) is 4.91. The van der Waals surface area contributed by atoms with Gasteiger partial charge in [0, 0.05) is 10.9 Å². The number of nitrogens with one attached hydrogen (secondary N) is 1. The van der Waals surface area contributed by atoms with Gasteiger partial charge in [-0.3, -0.25) is 4.79 Å². The van der Waals surface area contributed by atoms with Gasteiger partial charge in [-0.05, 0) is 19.8 Å². The van der Waals surface area contributed by atoms with E-state index in [1.54, 1.807) is 11.3 Å². The molecule has 1 aliphatic rings. The number of carbonyl (C=O) groups excluding carboxylic acids is 1. The fraction of sp³-hybridized carbons (Fsp3) is 0.412. The van der Waals surface area contributed by atoms with E-state index in [9.17, 15) is 4.79 Å². The zero-order chi connectivity index (χ0) is 15.5. The number of hydrogen-bond acceptors (Lipinski definition) is 3. The molecule has 5 heteroatoms. The first-order chi connectivity index (χ1) is 10.6. The first-order valence-corrected chi connectivity index (χ1v) is 8.64. The van der Waals surface area contributed by atoms with Crippen LogP contribution in [0.5, 0.6) is 0 Å². The Morgan fingerprint density at radius 1 is 1.41 bits per heavy atom. The Bertz CT molecular complexity index is 650. The lowest BCUT2D eigenvalue weighted by Gasteiger charge is -2.27. The van der Waals surface area contributed by atoms with E-state index in [2.05, 4.69) is 36.6 Å². The molecule has 1 aromatic carbocycles. The van der Waals surface area contributed by atoms with Crippen LogP contribution in [0.15, 0.2) is 29.6 Å². The first-order valence-electron chi connectivity index (χ1n) is 7.76. The zero-order valence-corrected chi connectivity index (χ0v) is 13.7. The van der Waals surface area contributed by atoms with Crippen LogP contribution in [0.3, 0.4) is 0 Å². The molecule has 22 heavy (non-hydrogen) atoms. The summed E-state index contributed by atoms with van der Waals surface area (Å²) in [5.41, 5.74) is 8.99. The van der Waals surface area contributed by atoms with Crippen molar-refractivity contribution in [3.05, 3.63) is 40.9 Å². The monoisotopic (exact) mass is 316 g/mol. The molecular weight excluding hydrogens is 294 g/mol. The number of likely N-dealkylation sites (tertiary alicyclic amines) is 1. The summed E-state index contributed by atoms with van der Waals surface area (Å²) >= 11 is 1.69. The molecule has 2 heterocycles. The van der Waals surface area contributed by atoms with Crippen molar-refractivity contribution in [3.63, 3.8) is 0 Å². The van der Waals surface area contributed by atoms with Crippen LogP contribution in [0.2, 0.25) is 0 Å². The molecular formula is C17H22N3OS+. The van der Waals surface area contributed by atoms with Gasteiger partial charge >= 0.3 is 0 Å². The molecule has 0 spiro atoms. The Hall–Kier alpha value is -1.72. The van der Waals surface area contributed by atoms with Gasteiger partial charge in [-0.2, -0.15) is 0 Å². The van der Waals surface area contributed by atoms with Crippen molar-refractivity contribution in [2.75, 3.05) is 13.1 Å². The highest BCUT2D eigenvalue weighted by Crippen LogP contribution is 2.23. The highest BCUT2D eigenvalue weighted by molar-refractivity contribution is 7.13. The fourth-order valence-electron chi connectivity index (χ4n) is 3.03. The smallest absolute Gasteiger partial charge is 0.226 e. The van der Waals surface area contributed by atoms with Gasteiger partial charge in [0.2, 0.25) is 5.91 Å². The number of amides is 1. The largest absolute Gasteiger partial charge is 0.369 e. The van der Waals surface area contributed by atoms with Gasteiger partial charge in [-0.1, -0.05) is 29.8 Å². The Balaban J connectivity index is 1.66. The van der Waals surface area contributed by atoms with Gasteiger partial charge in [0.1, 0.15) is 17.2 Å². The number of quaternary nitrogens is 1. The topological polar surface area (TPSA) is 60.4 Å². The zero-order valence-electron chi connectivity index (χ0n) is 12.8. The third-order valence-electron chi connectivity index (χ3n) is 4.30. The Kier molecular flexibility index (Phi) is 4.55. The summed E-state index contributed by atoms with van der Waals surface area (Å²) in [6.07, 6.45) is 2.00. The third kappa shape index (κ3) is 3.54. The van der Waals surface area contributed by atoms with Crippen LogP contribution in [0.25, 0.3) is 10.6 Å². The minimum absolute atomic E-state index is 0.0268. The lowest BCUT2D eigenvalue weighted by atomic mass is 9.97. The molecule has 4 nitrogen and oxygen atoms in total. The molecule has 0 bridgehead atoms. The number of hydrogen-bond donors (Lipinski definition) is 2. The van der Waals surface area contributed by atoms with Gasteiger partial charge in [-0.15, -0.1) is 11.3 Å². The third-order valence-corrected chi connectivity index (χ3v) is 5.24. The quantitative estimate of drug-likeness (QED) is 0.896. The van der Waals surface area contributed by atoms with Gasteiger partial charge in [0.05, 0.1) is 19.0 Å². The van der Waals surface area contributed by atoms with Crippen molar-refractivity contribution < 1.29 is 9.69 Å². The molecule has 0 radical (unpaired) electrons. The number of aryl methyl sites for hydroxylation is 1. The number of nitrogens with zero attached hydrogens (tertiary/aromatic N) is 1. The molecule has 1 saturated heterocycles. The van der Waals surface area contributed by atoms with E-state index in [-0.39, 0.29) is 11.8 Å². The normalized spacial score (nSPS) is 21.7. The molecule has 0 aliphatic carbocycles. The number of benzene rings is 1. The van der Waals surface area contributed by atoms with Gasteiger partial charge in [-0.25, -0.2) is 4.98 Å². The molecule has 2 atom stereocenters. The highest BCUT2D eigenvalue weighted by atomic mass is 32.1. The van der Waals surface area contributed by atoms with Crippen molar-refractivity contribution in [2.45, 2.75) is 26.3 Å². The molecule has 1 aromatic heterocycles. The molecule has 1 fully saturated rings. The predicted molar refractivity (Wildman–Crippen MR) is 88.6 cm³/mol. The SMILES string of the molecule is Cc1ccc(-c2nc(C[NH+]3CCC[C@@H](C(N)=O)C3)cs2)cc1. The van der Waals surface area contributed by atoms with E-state index in [1.807, 2.05) is 0 Å². The highest BCUT2D eigenvalue weighted by Gasteiger charge is 2.27. The van der Waals surface area contributed by atoms with Crippen molar-refractivity contribution in [3.8, 4) is 10.6 Å². The van der Waals surface area contributed by atoms with E-state index in [1.165, 1.54) is 16.0 Å². The molecule has 3 rings (SSSR count). The summed E-state index contributed by atoms with van der Waals surface area (Å²) in [6, 6.07) is 8.47. The number of nitrogens with two attached hydrogens (primary N) is 1. The number of aromatic nitrogens is 1. The van der Waals surface area contributed by atoms with Crippen LogP contribution in [-0.4, -0.2) is 24.0 Å². The van der Waals surface area contributed by atoms with Crippen molar-refractivity contribution in [1.29, 1.82) is 0 Å². The van der Waals surface area contributed by atoms with Crippen LogP contribution in [0.4, 0.5) is 0 Å². The minimum Gasteiger partial charge on any atom is -0.369 e. The number of carbonyl (C=O) groups is 1. The summed E-state index contributed by atoms with van der Waals surface area (Å²) < 4.78 is 0. The molecule has 1 aliphatic heterocycles.